The van der Waals surface area contributed by atoms with E-state index >= 15 is 0 Å². The lowest BCUT2D eigenvalue weighted by atomic mass is 9.86. The molecule has 0 aliphatic heterocycles. The fourth-order valence-corrected chi connectivity index (χ4v) is 2.18. The van der Waals surface area contributed by atoms with Crippen LogP contribution in [0.5, 0.6) is 0 Å². The molecule has 1 fully saturated rings. The number of hydrogen-bond acceptors (Lipinski definition) is 3. The molecule has 0 radical (unpaired) electrons. The van der Waals surface area contributed by atoms with Gasteiger partial charge in [-0.15, -0.1) is 0 Å². The Balaban J connectivity index is 2.54. The second kappa shape index (κ2) is 5.49. The summed E-state index contributed by atoms with van der Waals surface area (Å²) in [6.45, 7) is 3.60. The van der Waals surface area contributed by atoms with Crippen molar-refractivity contribution >= 4 is 11.9 Å². The third-order valence-electron chi connectivity index (χ3n) is 3.52. The van der Waals surface area contributed by atoms with Gasteiger partial charge in [0.2, 0.25) is 5.91 Å². The monoisotopic (exact) mass is 243 g/mol. The van der Waals surface area contributed by atoms with Gasteiger partial charge >= 0.3 is 5.97 Å². The Morgan fingerprint density at radius 1 is 1.29 bits per heavy atom. The van der Waals surface area contributed by atoms with Crippen LogP contribution in [0, 0.1) is 11.3 Å². The Kier molecular flexibility index (Phi) is 4.51. The summed E-state index contributed by atoms with van der Waals surface area (Å²) in [6, 6.07) is 0. The predicted octanol–water partition coefficient (Wildman–Crippen LogP) is 0.764. The summed E-state index contributed by atoms with van der Waals surface area (Å²) in [7, 11) is 0. The van der Waals surface area contributed by atoms with Crippen molar-refractivity contribution in [2.75, 3.05) is 6.54 Å². The first kappa shape index (κ1) is 14.0. The summed E-state index contributed by atoms with van der Waals surface area (Å²) in [6.07, 6.45) is 1.90. The average molecular weight is 243 g/mol. The molecule has 0 bridgehead atoms. The fraction of sp³-hybridized carbons (Fsp3) is 0.833. The van der Waals surface area contributed by atoms with Crippen LogP contribution in [0.15, 0.2) is 0 Å². The molecule has 1 amide bonds. The smallest absolute Gasteiger partial charge is 0.311 e. The number of hydrogen-bond donors (Lipinski definition) is 3. The summed E-state index contributed by atoms with van der Waals surface area (Å²) >= 11 is 0. The van der Waals surface area contributed by atoms with Crippen LogP contribution in [0.2, 0.25) is 0 Å². The van der Waals surface area contributed by atoms with E-state index in [2.05, 4.69) is 5.32 Å². The molecule has 98 valence electrons. The molecule has 0 aromatic carbocycles. The first-order chi connectivity index (χ1) is 7.89. The number of nitrogens with one attached hydrogen (secondary N) is 1. The van der Waals surface area contributed by atoms with Gasteiger partial charge in [-0.05, 0) is 18.8 Å². The molecule has 0 spiro atoms. The Bertz CT molecular complexity index is 295. The third-order valence-corrected chi connectivity index (χ3v) is 3.52. The summed E-state index contributed by atoms with van der Waals surface area (Å²) in [5, 5.41) is 21.3. The molecular formula is C12H21NO4. The van der Waals surface area contributed by atoms with Crippen LogP contribution in [0.3, 0.4) is 0 Å². The number of carbonyl (C=O) groups excluding carboxylic acids is 1. The molecule has 0 aromatic heterocycles. The number of aliphatic carboxylic acids is 1. The lowest BCUT2D eigenvalue weighted by molar-refractivity contribution is -0.149. The number of aliphatic hydroxyl groups excluding tert-OH is 1. The van der Waals surface area contributed by atoms with Crippen molar-refractivity contribution in [2.45, 2.75) is 45.6 Å². The highest BCUT2D eigenvalue weighted by Gasteiger charge is 2.41. The SMILES string of the molecule is CC(C)C(O)C(=O)NCC1(C(=O)O)CCCC1. The lowest BCUT2D eigenvalue weighted by Gasteiger charge is -2.25. The molecule has 1 rings (SSSR count). The first-order valence-corrected chi connectivity index (χ1v) is 6.08. The van der Waals surface area contributed by atoms with Crippen LogP contribution in [-0.2, 0) is 9.59 Å². The van der Waals surface area contributed by atoms with E-state index in [1.54, 1.807) is 13.8 Å². The van der Waals surface area contributed by atoms with E-state index in [9.17, 15) is 19.8 Å². The van der Waals surface area contributed by atoms with E-state index in [1.807, 2.05) is 0 Å². The molecule has 0 aromatic rings. The quantitative estimate of drug-likeness (QED) is 0.665. The van der Waals surface area contributed by atoms with Crippen LogP contribution in [0.1, 0.15) is 39.5 Å². The molecule has 5 nitrogen and oxygen atoms in total. The number of carbonyl (C=O) groups is 2. The fourth-order valence-electron chi connectivity index (χ4n) is 2.18. The third kappa shape index (κ3) is 3.19. The van der Waals surface area contributed by atoms with E-state index in [0.717, 1.165) is 12.8 Å². The molecule has 1 saturated carbocycles. The minimum absolute atomic E-state index is 0.116. The number of carboxylic acids is 1. The van der Waals surface area contributed by atoms with Crippen molar-refractivity contribution in [1.29, 1.82) is 0 Å². The molecule has 1 aliphatic rings. The number of amides is 1. The largest absolute Gasteiger partial charge is 0.481 e. The minimum Gasteiger partial charge on any atom is -0.481 e. The zero-order chi connectivity index (χ0) is 13.1. The Hall–Kier alpha value is -1.10. The summed E-state index contributed by atoms with van der Waals surface area (Å²) in [4.78, 5) is 22.8. The second-order valence-corrected chi connectivity index (χ2v) is 5.20. The number of carboxylic acid groups (broad SMARTS) is 1. The molecule has 1 aliphatic carbocycles. The van der Waals surface area contributed by atoms with Gasteiger partial charge in [-0.25, -0.2) is 0 Å². The highest BCUT2D eigenvalue weighted by Crippen LogP contribution is 2.37. The molecule has 0 heterocycles. The van der Waals surface area contributed by atoms with Crippen molar-refractivity contribution in [3.05, 3.63) is 0 Å². The van der Waals surface area contributed by atoms with Gasteiger partial charge in [0.25, 0.3) is 0 Å². The van der Waals surface area contributed by atoms with Gasteiger partial charge in [-0.1, -0.05) is 26.7 Å². The Morgan fingerprint density at radius 2 is 1.82 bits per heavy atom. The molecular weight excluding hydrogens is 222 g/mol. The van der Waals surface area contributed by atoms with Crippen molar-refractivity contribution in [2.24, 2.45) is 11.3 Å². The van der Waals surface area contributed by atoms with Crippen LogP contribution >= 0.6 is 0 Å². The molecule has 1 atom stereocenters. The Labute approximate surface area is 101 Å². The molecule has 3 N–H and O–H groups in total. The highest BCUT2D eigenvalue weighted by molar-refractivity contribution is 5.82. The lowest BCUT2D eigenvalue weighted by Crippen LogP contribution is -2.45. The molecule has 1 unspecified atom stereocenters. The summed E-state index contributed by atoms with van der Waals surface area (Å²) in [5.74, 6) is -1.50. The number of aliphatic hydroxyl groups is 1. The summed E-state index contributed by atoms with van der Waals surface area (Å²) < 4.78 is 0. The van der Waals surface area contributed by atoms with E-state index < -0.39 is 23.4 Å². The normalized spacial score (nSPS) is 20.2. The minimum atomic E-state index is -1.07. The second-order valence-electron chi connectivity index (χ2n) is 5.20. The molecule has 17 heavy (non-hydrogen) atoms. The van der Waals surface area contributed by atoms with Gasteiger partial charge in [0, 0.05) is 6.54 Å². The zero-order valence-corrected chi connectivity index (χ0v) is 10.4. The van der Waals surface area contributed by atoms with Gasteiger partial charge in [0.05, 0.1) is 5.41 Å². The first-order valence-electron chi connectivity index (χ1n) is 6.08. The van der Waals surface area contributed by atoms with Crippen LogP contribution < -0.4 is 5.32 Å². The zero-order valence-electron chi connectivity index (χ0n) is 10.4. The Morgan fingerprint density at radius 3 is 2.24 bits per heavy atom. The van der Waals surface area contributed by atoms with Crippen LogP contribution in [-0.4, -0.2) is 34.7 Å². The topological polar surface area (TPSA) is 86.6 Å². The van der Waals surface area contributed by atoms with Crippen LogP contribution in [0.4, 0.5) is 0 Å². The predicted molar refractivity (Wildman–Crippen MR) is 62.4 cm³/mol. The van der Waals surface area contributed by atoms with E-state index in [1.165, 1.54) is 0 Å². The maximum Gasteiger partial charge on any atom is 0.311 e. The van der Waals surface area contributed by atoms with E-state index in [0.29, 0.717) is 12.8 Å². The van der Waals surface area contributed by atoms with Crippen molar-refractivity contribution < 1.29 is 19.8 Å². The molecule has 0 saturated heterocycles. The highest BCUT2D eigenvalue weighted by atomic mass is 16.4. The maximum absolute atomic E-state index is 11.6. The number of rotatable bonds is 5. The van der Waals surface area contributed by atoms with Crippen LogP contribution in [0.25, 0.3) is 0 Å². The van der Waals surface area contributed by atoms with Gasteiger partial charge in [-0.3, -0.25) is 9.59 Å². The summed E-state index contributed by atoms with van der Waals surface area (Å²) in [5.41, 5.74) is -0.827. The standard InChI is InChI=1S/C12H21NO4/c1-8(2)9(14)10(15)13-7-12(11(16)17)5-3-4-6-12/h8-9,14H,3-7H2,1-2H3,(H,13,15)(H,16,17). The van der Waals surface area contributed by atoms with Gasteiger partial charge in [0.1, 0.15) is 6.10 Å². The van der Waals surface area contributed by atoms with Gasteiger partial charge in [-0.2, -0.15) is 0 Å². The van der Waals surface area contributed by atoms with Gasteiger partial charge in [0.15, 0.2) is 0 Å². The van der Waals surface area contributed by atoms with Crippen molar-refractivity contribution in [3.63, 3.8) is 0 Å². The maximum atomic E-state index is 11.6. The van der Waals surface area contributed by atoms with Gasteiger partial charge < -0.3 is 15.5 Å². The van der Waals surface area contributed by atoms with E-state index in [4.69, 9.17) is 0 Å². The average Bonchev–Trinajstić information content (AvgIpc) is 2.74. The van der Waals surface area contributed by atoms with Crippen molar-refractivity contribution in [3.8, 4) is 0 Å². The molecule has 5 heteroatoms. The van der Waals surface area contributed by atoms with E-state index in [-0.39, 0.29) is 12.5 Å². The van der Waals surface area contributed by atoms with Crippen molar-refractivity contribution in [1.82, 2.24) is 5.32 Å².